The minimum atomic E-state index is -0.499. The first-order chi connectivity index (χ1) is 8.56. The number of amides is 1. The van der Waals surface area contributed by atoms with Gasteiger partial charge in [0.25, 0.3) is 0 Å². The van der Waals surface area contributed by atoms with Gasteiger partial charge in [0.1, 0.15) is 10.8 Å². The van der Waals surface area contributed by atoms with Crippen molar-refractivity contribution in [2.75, 3.05) is 18.4 Å². The van der Waals surface area contributed by atoms with Crippen LogP contribution in [0.5, 0.6) is 0 Å². The van der Waals surface area contributed by atoms with Crippen molar-refractivity contribution in [3.05, 3.63) is 29.6 Å². The lowest BCUT2D eigenvalue weighted by atomic mass is 10.1. The highest BCUT2D eigenvalue weighted by molar-refractivity contribution is 7.80. The topological polar surface area (TPSA) is 67.2 Å². The van der Waals surface area contributed by atoms with Gasteiger partial charge in [0, 0.05) is 12.2 Å². The smallest absolute Gasteiger partial charge is 0.239 e. The maximum absolute atomic E-state index is 13.5. The van der Waals surface area contributed by atoms with Gasteiger partial charge in [0.2, 0.25) is 5.91 Å². The van der Waals surface area contributed by atoms with Crippen LogP contribution in [0.3, 0.4) is 0 Å². The Bertz CT molecular complexity index is 451. The molecule has 1 rings (SSSR count). The van der Waals surface area contributed by atoms with E-state index in [0.29, 0.717) is 12.2 Å². The molecule has 0 bridgehead atoms. The molecule has 0 unspecified atom stereocenters. The number of anilines is 1. The predicted molar refractivity (Wildman–Crippen MR) is 74.1 cm³/mol. The van der Waals surface area contributed by atoms with Gasteiger partial charge in [0.15, 0.2) is 0 Å². The van der Waals surface area contributed by atoms with Crippen LogP contribution in [-0.2, 0) is 4.79 Å². The molecule has 0 heterocycles. The second-order valence-corrected chi connectivity index (χ2v) is 4.17. The van der Waals surface area contributed by atoms with E-state index < -0.39 is 5.82 Å². The quantitative estimate of drug-likeness (QED) is 0.683. The number of hydrogen-bond donors (Lipinski definition) is 3. The standard InChI is InChI=1S/C12H16FN3OS/c1-2-6-15-10(17)7-16-9-5-3-4-8(13)11(9)12(14)18/h3-5,16H,2,6-7H2,1H3,(H2,14,18)(H,15,17). The molecule has 4 N–H and O–H groups in total. The van der Waals surface area contributed by atoms with Crippen molar-refractivity contribution in [2.24, 2.45) is 5.73 Å². The van der Waals surface area contributed by atoms with E-state index >= 15 is 0 Å². The summed E-state index contributed by atoms with van der Waals surface area (Å²) >= 11 is 4.78. The van der Waals surface area contributed by atoms with Crippen molar-refractivity contribution in [3.63, 3.8) is 0 Å². The monoisotopic (exact) mass is 269 g/mol. The molecule has 4 nitrogen and oxygen atoms in total. The summed E-state index contributed by atoms with van der Waals surface area (Å²) in [5.74, 6) is -0.656. The molecule has 0 aliphatic carbocycles. The largest absolute Gasteiger partial charge is 0.389 e. The number of rotatable bonds is 6. The molecule has 1 aromatic rings. The van der Waals surface area contributed by atoms with Gasteiger partial charge in [0.05, 0.1) is 12.1 Å². The third kappa shape index (κ3) is 3.96. The Morgan fingerprint density at radius 1 is 1.50 bits per heavy atom. The zero-order valence-electron chi connectivity index (χ0n) is 10.1. The normalized spacial score (nSPS) is 9.89. The van der Waals surface area contributed by atoms with Gasteiger partial charge in [-0.15, -0.1) is 0 Å². The van der Waals surface area contributed by atoms with Crippen molar-refractivity contribution in [1.82, 2.24) is 5.32 Å². The van der Waals surface area contributed by atoms with Crippen LogP contribution >= 0.6 is 12.2 Å². The van der Waals surface area contributed by atoms with E-state index in [4.69, 9.17) is 18.0 Å². The lowest BCUT2D eigenvalue weighted by Crippen LogP contribution is -2.31. The molecule has 98 valence electrons. The molecule has 18 heavy (non-hydrogen) atoms. The van der Waals surface area contributed by atoms with E-state index in [0.717, 1.165) is 6.42 Å². The van der Waals surface area contributed by atoms with E-state index in [9.17, 15) is 9.18 Å². The fourth-order valence-electron chi connectivity index (χ4n) is 1.42. The summed E-state index contributed by atoms with van der Waals surface area (Å²) in [6.45, 7) is 2.64. The Hall–Kier alpha value is -1.69. The zero-order valence-corrected chi connectivity index (χ0v) is 10.9. The molecule has 0 aromatic heterocycles. The van der Waals surface area contributed by atoms with Gasteiger partial charge in [-0.1, -0.05) is 25.2 Å². The molecule has 0 saturated carbocycles. The van der Waals surface area contributed by atoms with Crippen LogP contribution < -0.4 is 16.4 Å². The molecule has 1 amide bonds. The molecule has 0 fully saturated rings. The first-order valence-corrected chi connectivity index (χ1v) is 6.06. The Labute approximate surface area is 111 Å². The van der Waals surface area contributed by atoms with Crippen molar-refractivity contribution in [2.45, 2.75) is 13.3 Å². The minimum Gasteiger partial charge on any atom is -0.389 e. The Morgan fingerprint density at radius 3 is 2.83 bits per heavy atom. The molecular weight excluding hydrogens is 253 g/mol. The third-order valence-electron chi connectivity index (χ3n) is 2.27. The Balaban J connectivity index is 2.70. The summed E-state index contributed by atoms with van der Waals surface area (Å²) < 4.78 is 13.5. The number of carbonyl (C=O) groups excluding carboxylic acids is 1. The van der Waals surface area contributed by atoms with E-state index in [-0.39, 0.29) is 23.0 Å². The fourth-order valence-corrected chi connectivity index (χ4v) is 1.63. The van der Waals surface area contributed by atoms with Gasteiger partial charge in [-0.25, -0.2) is 4.39 Å². The van der Waals surface area contributed by atoms with Crippen molar-refractivity contribution in [3.8, 4) is 0 Å². The predicted octanol–water partition coefficient (Wildman–Crippen LogP) is 1.40. The minimum absolute atomic E-state index is 0.0374. The van der Waals surface area contributed by atoms with Crippen LogP contribution in [0.25, 0.3) is 0 Å². The average molecular weight is 269 g/mol. The first-order valence-electron chi connectivity index (χ1n) is 5.65. The summed E-state index contributed by atoms with van der Waals surface area (Å²) in [4.78, 5) is 11.4. The van der Waals surface area contributed by atoms with Gasteiger partial charge in [-0.2, -0.15) is 0 Å². The Kier molecular flexibility index (Phi) is 5.51. The maximum Gasteiger partial charge on any atom is 0.239 e. The highest BCUT2D eigenvalue weighted by atomic mass is 32.1. The van der Waals surface area contributed by atoms with Crippen molar-refractivity contribution in [1.29, 1.82) is 0 Å². The van der Waals surface area contributed by atoms with E-state index in [1.54, 1.807) is 6.07 Å². The highest BCUT2D eigenvalue weighted by Crippen LogP contribution is 2.18. The number of nitrogens with one attached hydrogen (secondary N) is 2. The summed E-state index contributed by atoms with van der Waals surface area (Å²) in [7, 11) is 0. The fraction of sp³-hybridized carbons (Fsp3) is 0.333. The van der Waals surface area contributed by atoms with Crippen LogP contribution in [-0.4, -0.2) is 24.0 Å². The van der Waals surface area contributed by atoms with Gasteiger partial charge >= 0.3 is 0 Å². The number of carbonyl (C=O) groups is 1. The number of benzene rings is 1. The second kappa shape index (κ2) is 6.90. The lowest BCUT2D eigenvalue weighted by Gasteiger charge is -2.11. The molecule has 0 saturated heterocycles. The van der Waals surface area contributed by atoms with Gasteiger partial charge < -0.3 is 16.4 Å². The first kappa shape index (κ1) is 14.4. The number of halogens is 1. The van der Waals surface area contributed by atoms with Gasteiger partial charge in [-0.05, 0) is 18.6 Å². The SMILES string of the molecule is CCCNC(=O)CNc1cccc(F)c1C(N)=S. The molecule has 0 radical (unpaired) electrons. The average Bonchev–Trinajstić information content (AvgIpc) is 2.33. The highest BCUT2D eigenvalue weighted by Gasteiger charge is 2.11. The van der Waals surface area contributed by atoms with Crippen molar-refractivity contribution < 1.29 is 9.18 Å². The summed E-state index contributed by atoms with van der Waals surface area (Å²) in [6.07, 6.45) is 0.865. The molecule has 6 heteroatoms. The van der Waals surface area contributed by atoms with E-state index in [2.05, 4.69) is 10.6 Å². The van der Waals surface area contributed by atoms with E-state index in [1.807, 2.05) is 6.92 Å². The molecule has 1 aromatic carbocycles. The van der Waals surface area contributed by atoms with Crippen LogP contribution in [0.2, 0.25) is 0 Å². The summed E-state index contributed by atoms with van der Waals surface area (Å²) in [5, 5.41) is 5.53. The Morgan fingerprint density at radius 2 is 2.22 bits per heavy atom. The zero-order chi connectivity index (χ0) is 13.5. The molecule has 0 aliphatic rings. The van der Waals surface area contributed by atoms with Crippen molar-refractivity contribution >= 4 is 28.8 Å². The van der Waals surface area contributed by atoms with Crippen LogP contribution in [0, 0.1) is 5.82 Å². The lowest BCUT2D eigenvalue weighted by molar-refractivity contribution is -0.119. The molecular formula is C12H16FN3OS. The van der Waals surface area contributed by atoms with Crippen LogP contribution in [0.4, 0.5) is 10.1 Å². The van der Waals surface area contributed by atoms with Gasteiger partial charge in [-0.3, -0.25) is 4.79 Å². The van der Waals surface area contributed by atoms with E-state index in [1.165, 1.54) is 12.1 Å². The number of hydrogen-bond acceptors (Lipinski definition) is 3. The summed E-state index contributed by atoms with van der Waals surface area (Å²) in [6, 6.07) is 4.44. The molecule has 0 spiro atoms. The van der Waals surface area contributed by atoms with Crippen LogP contribution in [0.1, 0.15) is 18.9 Å². The van der Waals surface area contributed by atoms with Crippen LogP contribution in [0.15, 0.2) is 18.2 Å². The molecule has 0 aliphatic heterocycles. The second-order valence-electron chi connectivity index (χ2n) is 3.73. The maximum atomic E-state index is 13.5. The molecule has 0 atom stereocenters. The number of nitrogens with two attached hydrogens (primary N) is 1. The third-order valence-corrected chi connectivity index (χ3v) is 2.48. The summed E-state index contributed by atoms with van der Waals surface area (Å²) in [5.41, 5.74) is 6.01. The number of thiocarbonyl (C=S) groups is 1.